The summed E-state index contributed by atoms with van der Waals surface area (Å²) in [7, 11) is 0. The van der Waals surface area contributed by atoms with Gasteiger partial charge in [0.25, 0.3) is 0 Å². The molecule has 32 heavy (non-hydrogen) atoms. The van der Waals surface area contributed by atoms with Gasteiger partial charge in [0.05, 0.1) is 10.2 Å². The van der Waals surface area contributed by atoms with Crippen LogP contribution in [0.3, 0.4) is 0 Å². The zero-order valence-corrected chi connectivity index (χ0v) is 21.2. The standard InChI is InChI=1S/C25H31N3OS.2ClH/c1-17(2)21-7-5-6-19-14-20(29-24(19)21)16-26-15-18-10-12-28(13-11-18)25-27-22-8-3-4-9-23(22)30-25;;/h3-9,17-18,20,26H,10-16H2,1-2H3;2*1H. The van der Waals surface area contributed by atoms with Gasteiger partial charge >= 0.3 is 0 Å². The Morgan fingerprint density at radius 3 is 2.59 bits per heavy atom. The molecule has 3 aromatic rings. The number of hydrogen-bond acceptors (Lipinski definition) is 5. The maximum Gasteiger partial charge on any atom is 0.186 e. The molecule has 1 N–H and O–H groups in total. The van der Waals surface area contributed by atoms with Crippen LogP contribution in [0.5, 0.6) is 5.75 Å². The van der Waals surface area contributed by atoms with E-state index in [1.165, 1.54) is 33.8 Å². The molecular weight excluding hydrogens is 461 g/mol. The number of rotatable bonds is 6. The summed E-state index contributed by atoms with van der Waals surface area (Å²) in [4.78, 5) is 7.29. The van der Waals surface area contributed by atoms with Crippen LogP contribution in [0.4, 0.5) is 5.13 Å². The van der Waals surface area contributed by atoms with E-state index in [9.17, 15) is 0 Å². The van der Waals surface area contributed by atoms with Crippen molar-refractivity contribution in [2.24, 2.45) is 5.92 Å². The topological polar surface area (TPSA) is 37.4 Å². The highest BCUT2D eigenvalue weighted by atomic mass is 35.5. The van der Waals surface area contributed by atoms with E-state index in [1.54, 1.807) is 0 Å². The minimum Gasteiger partial charge on any atom is -0.488 e. The maximum atomic E-state index is 6.31. The second kappa shape index (κ2) is 11.1. The average Bonchev–Trinajstić information content (AvgIpc) is 3.37. The van der Waals surface area contributed by atoms with Crippen LogP contribution in [-0.4, -0.2) is 37.3 Å². The van der Waals surface area contributed by atoms with E-state index >= 15 is 0 Å². The Bertz CT molecular complexity index is 984. The van der Waals surface area contributed by atoms with Crippen molar-refractivity contribution in [3.05, 3.63) is 53.6 Å². The van der Waals surface area contributed by atoms with Gasteiger partial charge in [0.15, 0.2) is 5.13 Å². The number of piperidine rings is 1. The zero-order valence-electron chi connectivity index (χ0n) is 18.8. The molecule has 3 heterocycles. The minimum atomic E-state index is 0. The number of halogens is 2. The highest BCUT2D eigenvalue weighted by molar-refractivity contribution is 7.22. The molecule has 5 rings (SSSR count). The molecule has 2 aliphatic rings. The normalized spacial score (nSPS) is 18.2. The highest BCUT2D eigenvalue weighted by Gasteiger charge is 2.26. The third-order valence-corrected chi connectivity index (χ3v) is 7.55. The number of benzene rings is 2. The van der Waals surface area contributed by atoms with Crippen molar-refractivity contribution in [3.8, 4) is 5.75 Å². The fourth-order valence-electron chi connectivity index (χ4n) is 4.70. The molecule has 0 amide bonds. The van der Waals surface area contributed by atoms with Crippen molar-refractivity contribution < 1.29 is 4.74 Å². The first-order chi connectivity index (χ1) is 14.7. The monoisotopic (exact) mass is 493 g/mol. The van der Waals surface area contributed by atoms with Gasteiger partial charge in [-0.25, -0.2) is 4.98 Å². The zero-order chi connectivity index (χ0) is 20.5. The van der Waals surface area contributed by atoms with E-state index < -0.39 is 0 Å². The Hall–Kier alpha value is -1.53. The van der Waals surface area contributed by atoms with Crippen LogP contribution in [-0.2, 0) is 6.42 Å². The van der Waals surface area contributed by atoms with E-state index in [0.717, 1.165) is 49.8 Å². The van der Waals surface area contributed by atoms with Crippen LogP contribution >= 0.6 is 36.2 Å². The number of nitrogens with one attached hydrogen (secondary N) is 1. The summed E-state index contributed by atoms with van der Waals surface area (Å²) in [5.41, 5.74) is 3.84. The minimum absolute atomic E-state index is 0. The summed E-state index contributed by atoms with van der Waals surface area (Å²) in [6.07, 6.45) is 3.75. The lowest BCUT2D eigenvalue weighted by molar-refractivity contribution is 0.220. The Labute approximate surface area is 207 Å². The van der Waals surface area contributed by atoms with Gasteiger partial charge < -0.3 is 15.0 Å². The van der Waals surface area contributed by atoms with E-state index in [4.69, 9.17) is 9.72 Å². The van der Waals surface area contributed by atoms with Crippen molar-refractivity contribution in [1.29, 1.82) is 0 Å². The van der Waals surface area contributed by atoms with Crippen LogP contribution in [0, 0.1) is 5.92 Å². The number of nitrogens with zero attached hydrogens (tertiary/aromatic N) is 2. The third kappa shape index (κ3) is 5.33. The van der Waals surface area contributed by atoms with Crippen LogP contribution in [0.15, 0.2) is 42.5 Å². The predicted molar refractivity (Wildman–Crippen MR) is 141 cm³/mol. The molecule has 0 bridgehead atoms. The summed E-state index contributed by atoms with van der Waals surface area (Å²) in [5.74, 6) is 2.39. The molecule has 1 aromatic heterocycles. The second-order valence-electron chi connectivity index (χ2n) is 8.99. The average molecular weight is 495 g/mol. The smallest absolute Gasteiger partial charge is 0.186 e. The van der Waals surface area contributed by atoms with Gasteiger partial charge in [0.1, 0.15) is 11.9 Å². The number of ether oxygens (including phenoxy) is 1. The lowest BCUT2D eigenvalue weighted by Crippen LogP contribution is -2.39. The second-order valence-corrected chi connectivity index (χ2v) is 10.00. The van der Waals surface area contributed by atoms with Gasteiger partial charge in [-0.1, -0.05) is 55.5 Å². The fraction of sp³-hybridized carbons (Fsp3) is 0.480. The molecule has 0 saturated carbocycles. The summed E-state index contributed by atoms with van der Waals surface area (Å²) in [6.45, 7) is 8.71. The summed E-state index contributed by atoms with van der Waals surface area (Å²) in [6, 6.07) is 15.0. The van der Waals surface area contributed by atoms with E-state index in [0.29, 0.717) is 5.92 Å². The number of para-hydroxylation sites is 2. The molecule has 7 heteroatoms. The molecule has 2 aromatic carbocycles. The van der Waals surface area contributed by atoms with E-state index in [-0.39, 0.29) is 30.9 Å². The molecule has 4 nitrogen and oxygen atoms in total. The molecule has 1 fully saturated rings. The molecule has 0 spiro atoms. The van der Waals surface area contributed by atoms with Crippen LogP contribution in [0.2, 0.25) is 0 Å². The largest absolute Gasteiger partial charge is 0.488 e. The van der Waals surface area contributed by atoms with Crippen molar-refractivity contribution in [2.45, 2.75) is 45.1 Å². The first-order valence-electron chi connectivity index (χ1n) is 11.3. The molecule has 2 aliphatic heterocycles. The summed E-state index contributed by atoms with van der Waals surface area (Å²) >= 11 is 1.82. The third-order valence-electron chi connectivity index (χ3n) is 6.45. The molecule has 1 unspecified atom stereocenters. The molecule has 1 saturated heterocycles. The van der Waals surface area contributed by atoms with E-state index in [2.05, 4.69) is 66.5 Å². The number of aromatic nitrogens is 1. The maximum absolute atomic E-state index is 6.31. The van der Waals surface area contributed by atoms with Gasteiger partial charge in [0.2, 0.25) is 0 Å². The number of thiazole rings is 1. The SMILES string of the molecule is CC(C)c1cccc2c1OC(CNCC1CCN(c3nc4ccccc4s3)CC1)C2.Cl.Cl. The predicted octanol–water partition coefficient (Wildman–Crippen LogP) is 6.07. The van der Waals surface area contributed by atoms with Gasteiger partial charge in [-0.3, -0.25) is 0 Å². The van der Waals surface area contributed by atoms with Gasteiger partial charge in [-0.05, 0) is 54.5 Å². The van der Waals surface area contributed by atoms with Crippen LogP contribution in [0.25, 0.3) is 10.2 Å². The summed E-state index contributed by atoms with van der Waals surface area (Å²) in [5, 5.41) is 4.88. The van der Waals surface area contributed by atoms with Gasteiger partial charge in [0, 0.05) is 26.1 Å². The van der Waals surface area contributed by atoms with Crippen molar-refractivity contribution in [1.82, 2.24) is 10.3 Å². The number of hydrogen-bond donors (Lipinski definition) is 1. The lowest BCUT2D eigenvalue weighted by atomic mass is 9.97. The van der Waals surface area contributed by atoms with Crippen molar-refractivity contribution in [2.75, 3.05) is 31.1 Å². The molecule has 174 valence electrons. The Kier molecular flexibility index (Phi) is 8.68. The van der Waals surface area contributed by atoms with Gasteiger partial charge in [-0.2, -0.15) is 0 Å². The molecular formula is C25H33Cl2N3OS. The number of anilines is 1. The van der Waals surface area contributed by atoms with Crippen LogP contribution in [0.1, 0.15) is 43.7 Å². The Morgan fingerprint density at radius 2 is 1.84 bits per heavy atom. The number of fused-ring (bicyclic) bond motifs is 2. The fourth-order valence-corrected chi connectivity index (χ4v) is 5.72. The first-order valence-corrected chi connectivity index (χ1v) is 12.1. The first kappa shape index (κ1) is 25.1. The lowest BCUT2D eigenvalue weighted by Gasteiger charge is -2.32. The van der Waals surface area contributed by atoms with Crippen molar-refractivity contribution >= 4 is 51.5 Å². The van der Waals surface area contributed by atoms with Crippen molar-refractivity contribution in [3.63, 3.8) is 0 Å². The summed E-state index contributed by atoms with van der Waals surface area (Å²) < 4.78 is 7.60. The Balaban J connectivity index is 0.00000144. The highest BCUT2D eigenvalue weighted by Crippen LogP contribution is 2.36. The van der Waals surface area contributed by atoms with E-state index in [1.807, 2.05) is 11.3 Å². The van der Waals surface area contributed by atoms with Gasteiger partial charge in [-0.15, -0.1) is 24.8 Å². The Morgan fingerprint density at radius 1 is 1.06 bits per heavy atom. The quantitative estimate of drug-likeness (QED) is 0.451. The molecule has 0 aliphatic carbocycles. The molecule has 1 atom stereocenters. The van der Waals surface area contributed by atoms with Crippen LogP contribution < -0.4 is 15.0 Å². The molecule has 0 radical (unpaired) electrons.